The molecule has 0 amide bonds. The molecule has 4 heteroatoms. The van der Waals surface area contributed by atoms with E-state index in [9.17, 15) is 0 Å². The Bertz CT molecular complexity index is 364. The molecule has 4 nitrogen and oxygen atoms in total. The normalized spacial score (nSPS) is 22.9. The van der Waals surface area contributed by atoms with Gasteiger partial charge in [0.25, 0.3) is 0 Å². The molecule has 0 aliphatic heterocycles. The van der Waals surface area contributed by atoms with Crippen molar-refractivity contribution in [1.29, 1.82) is 0 Å². The highest BCUT2D eigenvalue weighted by Gasteiger charge is 2.32. The summed E-state index contributed by atoms with van der Waals surface area (Å²) in [4.78, 5) is 8.51. The lowest BCUT2D eigenvalue weighted by Gasteiger charge is -2.11. The number of nitrogens with one attached hydrogen (secondary N) is 2. The van der Waals surface area contributed by atoms with E-state index in [-0.39, 0.29) is 0 Å². The molecule has 16 heavy (non-hydrogen) atoms. The monoisotopic (exact) mass is 220 g/mol. The van der Waals surface area contributed by atoms with E-state index in [4.69, 9.17) is 0 Å². The number of nitrogens with zero attached hydrogens (tertiary/aromatic N) is 2. The highest BCUT2D eigenvalue weighted by atomic mass is 15.1. The second kappa shape index (κ2) is 4.68. The maximum atomic E-state index is 4.28. The highest BCUT2D eigenvalue weighted by Crippen LogP contribution is 2.37. The number of anilines is 2. The average Bonchev–Trinajstić information content (AvgIpc) is 2.96. The lowest BCUT2D eigenvalue weighted by Crippen LogP contribution is -2.10. The Balaban J connectivity index is 1.99. The summed E-state index contributed by atoms with van der Waals surface area (Å²) in [5.41, 5.74) is 1.11. The van der Waals surface area contributed by atoms with Crippen molar-refractivity contribution in [2.24, 2.45) is 11.8 Å². The van der Waals surface area contributed by atoms with Crippen LogP contribution >= 0.6 is 0 Å². The van der Waals surface area contributed by atoms with Crippen molar-refractivity contribution < 1.29 is 0 Å². The minimum Gasteiger partial charge on any atom is -0.370 e. The van der Waals surface area contributed by atoms with E-state index in [1.54, 1.807) is 6.33 Å². The fourth-order valence-corrected chi connectivity index (χ4v) is 1.89. The lowest BCUT2D eigenvalue weighted by atomic mass is 10.3. The van der Waals surface area contributed by atoms with Crippen molar-refractivity contribution in [2.45, 2.75) is 27.2 Å². The quantitative estimate of drug-likeness (QED) is 0.799. The molecule has 1 aromatic rings. The molecule has 1 fully saturated rings. The zero-order chi connectivity index (χ0) is 11.5. The fourth-order valence-electron chi connectivity index (χ4n) is 1.89. The lowest BCUT2D eigenvalue weighted by molar-refractivity contribution is 0.783. The summed E-state index contributed by atoms with van der Waals surface area (Å²) in [6.07, 6.45) is 2.96. The van der Waals surface area contributed by atoms with Crippen LogP contribution in [0.5, 0.6) is 0 Å². The van der Waals surface area contributed by atoms with Crippen LogP contribution in [0.2, 0.25) is 0 Å². The van der Waals surface area contributed by atoms with E-state index in [0.717, 1.165) is 42.1 Å². The summed E-state index contributed by atoms with van der Waals surface area (Å²) >= 11 is 0. The van der Waals surface area contributed by atoms with Crippen molar-refractivity contribution in [1.82, 2.24) is 9.97 Å². The molecule has 2 unspecified atom stereocenters. The maximum absolute atomic E-state index is 4.28. The first kappa shape index (κ1) is 11.2. The third kappa shape index (κ3) is 2.43. The number of rotatable bonds is 5. The van der Waals surface area contributed by atoms with Crippen LogP contribution in [0.4, 0.5) is 11.6 Å². The van der Waals surface area contributed by atoms with Crippen LogP contribution in [-0.2, 0) is 0 Å². The van der Waals surface area contributed by atoms with E-state index in [1.165, 1.54) is 6.42 Å². The topological polar surface area (TPSA) is 49.8 Å². The van der Waals surface area contributed by atoms with Gasteiger partial charge >= 0.3 is 0 Å². The third-order valence-corrected chi connectivity index (χ3v) is 3.24. The first-order chi connectivity index (χ1) is 7.72. The molecule has 0 spiro atoms. The van der Waals surface area contributed by atoms with Crippen molar-refractivity contribution in [3.63, 3.8) is 0 Å². The van der Waals surface area contributed by atoms with Crippen molar-refractivity contribution in [2.75, 3.05) is 23.7 Å². The van der Waals surface area contributed by atoms with E-state index >= 15 is 0 Å². The van der Waals surface area contributed by atoms with Gasteiger partial charge in [-0.25, -0.2) is 9.97 Å². The van der Waals surface area contributed by atoms with Gasteiger partial charge in [-0.05, 0) is 32.1 Å². The Morgan fingerprint density at radius 2 is 1.94 bits per heavy atom. The van der Waals surface area contributed by atoms with Gasteiger partial charge in [0.2, 0.25) is 0 Å². The molecule has 1 aliphatic carbocycles. The van der Waals surface area contributed by atoms with E-state index in [0.29, 0.717) is 0 Å². The van der Waals surface area contributed by atoms with Gasteiger partial charge in [0.15, 0.2) is 0 Å². The molecule has 1 aliphatic rings. The Hall–Kier alpha value is -1.32. The zero-order valence-electron chi connectivity index (χ0n) is 10.2. The standard InChI is InChI=1S/C12H20N4/c1-4-13-11-9(3)12(16-7-15-11)14-6-10-5-8(10)2/h7-8,10H,4-6H2,1-3H3,(H2,13,14,15,16). The minimum atomic E-state index is 0.831. The van der Waals surface area contributed by atoms with E-state index in [2.05, 4.69) is 41.4 Å². The van der Waals surface area contributed by atoms with Crippen LogP contribution in [0, 0.1) is 18.8 Å². The second-order valence-corrected chi connectivity index (χ2v) is 4.58. The molecule has 0 aromatic carbocycles. The van der Waals surface area contributed by atoms with E-state index in [1.807, 2.05) is 0 Å². The highest BCUT2D eigenvalue weighted by molar-refractivity contribution is 5.56. The Labute approximate surface area is 96.9 Å². The Morgan fingerprint density at radius 3 is 2.50 bits per heavy atom. The average molecular weight is 220 g/mol. The first-order valence-electron chi connectivity index (χ1n) is 6.01. The molecule has 88 valence electrons. The van der Waals surface area contributed by atoms with Gasteiger partial charge in [-0.1, -0.05) is 6.92 Å². The summed E-state index contributed by atoms with van der Waals surface area (Å²) in [5, 5.41) is 6.65. The van der Waals surface area contributed by atoms with Crippen molar-refractivity contribution in [3.8, 4) is 0 Å². The first-order valence-corrected chi connectivity index (χ1v) is 6.01. The van der Waals surface area contributed by atoms with Gasteiger partial charge in [-0.2, -0.15) is 0 Å². The Morgan fingerprint density at radius 1 is 1.31 bits per heavy atom. The van der Waals surface area contributed by atoms with Gasteiger partial charge in [-0.15, -0.1) is 0 Å². The molecule has 1 aromatic heterocycles. The number of hydrogen-bond donors (Lipinski definition) is 2. The van der Waals surface area contributed by atoms with Crippen molar-refractivity contribution >= 4 is 11.6 Å². The number of aromatic nitrogens is 2. The van der Waals surface area contributed by atoms with Crippen LogP contribution in [0.1, 0.15) is 25.8 Å². The maximum Gasteiger partial charge on any atom is 0.134 e. The molecule has 2 rings (SSSR count). The predicted molar refractivity (Wildman–Crippen MR) is 66.7 cm³/mol. The van der Waals surface area contributed by atoms with Gasteiger partial charge in [-0.3, -0.25) is 0 Å². The van der Waals surface area contributed by atoms with Crippen LogP contribution in [0.15, 0.2) is 6.33 Å². The fraction of sp³-hybridized carbons (Fsp3) is 0.667. The van der Waals surface area contributed by atoms with E-state index < -0.39 is 0 Å². The van der Waals surface area contributed by atoms with Gasteiger partial charge < -0.3 is 10.6 Å². The smallest absolute Gasteiger partial charge is 0.134 e. The zero-order valence-corrected chi connectivity index (χ0v) is 10.2. The summed E-state index contributed by atoms with van der Waals surface area (Å²) in [5.74, 6) is 3.61. The summed E-state index contributed by atoms with van der Waals surface area (Å²) in [6.45, 7) is 8.34. The molecular weight excluding hydrogens is 200 g/mol. The molecule has 2 N–H and O–H groups in total. The van der Waals surface area contributed by atoms with Crippen LogP contribution in [0.3, 0.4) is 0 Å². The molecule has 0 radical (unpaired) electrons. The van der Waals surface area contributed by atoms with Crippen LogP contribution in [0.25, 0.3) is 0 Å². The summed E-state index contributed by atoms with van der Waals surface area (Å²) in [7, 11) is 0. The molecule has 1 saturated carbocycles. The number of hydrogen-bond acceptors (Lipinski definition) is 4. The predicted octanol–water partition coefficient (Wildman–Crippen LogP) is 2.28. The largest absolute Gasteiger partial charge is 0.370 e. The minimum absolute atomic E-state index is 0.831. The molecule has 2 atom stereocenters. The second-order valence-electron chi connectivity index (χ2n) is 4.58. The molecule has 0 bridgehead atoms. The SMILES string of the molecule is CCNc1ncnc(NCC2CC2C)c1C. The molecule has 0 saturated heterocycles. The van der Waals surface area contributed by atoms with Gasteiger partial charge in [0.05, 0.1) is 0 Å². The van der Waals surface area contributed by atoms with Crippen LogP contribution < -0.4 is 10.6 Å². The van der Waals surface area contributed by atoms with Gasteiger partial charge in [0.1, 0.15) is 18.0 Å². The third-order valence-electron chi connectivity index (χ3n) is 3.24. The molecular formula is C12H20N4. The van der Waals surface area contributed by atoms with Crippen LogP contribution in [-0.4, -0.2) is 23.1 Å². The van der Waals surface area contributed by atoms with Crippen molar-refractivity contribution in [3.05, 3.63) is 11.9 Å². The Kier molecular flexibility index (Phi) is 3.27. The summed E-state index contributed by atoms with van der Waals surface area (Å²) < 4.78 is 0. The van der Waals surface area contributed by atoms with Gasteiger partial charge in [0, 0.05) is 18.7 Å². The summed E-state index contributed by atoms with van der Waals surface area (Å²) in [6, 6.07) is 0. The molecule has 1 heterocycles.